The minimum atomic E-state index is 0.632. The van der Waals surface area contributed by atoms with E-state index in [4.69, 9.17) is 11.6 Å². The lowest BCUT2D eigenvalue weighted by Gasteiger charge is -2.01. The Bertz CT molecular complexity index is 319. The summed E-state index contributed by atoms with van der Waals surface area (Å²) in [5, 5.41) is 4.85. The Labute approximate surface area is 95.6 Å². The first-order valence-corrected chi connectivity index (χ1v) is 5.51. The lowest BCUT2D eigenvalue weighted by atomic mass is 10.2. The molecule has 0 bridgehead atoms. The summed E-state index contributed by atoms with van der Waals surface area (Å²) in [4.78, 5) is 4.08. The van der Waals surface area contributed by atoms with Crippen LogP contribution in [0.1, 0.15) is 33.1 Å². The highest BCUT2D eigenvalue weighted by molar-refractivity contribution is 6.30. The fourth-order valence-electron chi connectivity index (χ4n) is 1.08. The van der Waals surface area contributed by atoms with Gasteiger partial charge in [-0.25, -0.2) is 4.98 Å². The Morgan fingerprint density at radius 2 is 2.33 bits per heavy atom. The van der Waals surface area contributed by atoms with Crippen molar-refractivity contribution >= 4 is 23.1 Å². The first-order chi connectivity index (χ1) is 7.22. The Morgan fingerprint density at radius 3 is 2.93 bits per heavy atom. The molecular formula is C11H16ClN3. The molecule has 0 radical (unpaired) electrons. The number of rotatable bonds is 5. The number of nitrogens with zero attached hydrogens (tertiary/aromatic N) is 2. The highest BCUT2D eigenvalue weighted by Gasteiger charge is 1.93. The van der Waals surface area contributed by atoms with Crippen molar-refractivity contribution in [3.63, 3.8) is 0 Å². The van der Waals surface area contributed by atoms with Crippen LogP contribution in [0.5, 0.6) is 0 Å². The number of pyridine rings is 1. The predicted molar refractivity (Wildman–Crippen MR) is 65.5 cm³/mol. The van der Waals surface area contributed by atoms with Crippen molar-refractivity contribution in [2.24, 2.45) is 5.10 Å². The zero-order valence-corrected chi connectivity index (χ0v) is 9.88. The van der Waals surface area contributed by atoms with Gasteiger partial charge in [-0.3, -0.25) is 5.43 Å². The molecule has 0 atom stereocenters. The number of nitrogens with one attached hydrogen (secondary N) is 1. The fourth-order valence-corrected chi connectivity index (χ4v) is 1.19. The summed E-state index contributed by atoms with van der Waals surface area (Å²) in [6.45, 7) is 4.18. The van der Waals surface area contributed by atoms with E-state index < -0.39 is 0 Å². The van der Waals surface area contributed by atoms with E-state index in [1.807, 2.05) is 6.92 Å². The van der Waals surface area contributed by atoms with Crippen molar-refractivity contribution in [3.8, 4) is 0 Å². The summed E-state index contributed by atoms with van der Waals surface area (Å²) in [6.07, 6.45) is 4.98. The van der Waals surface area contributed by atoms with Gasteiger partial charge in [-0.15, -0.1) is 0 Å². The van der Waals surface area contributed by atoms with E-state index >= 15 is 0 Å². The molecule has 1 rings (SSSR count). The second-order valence-electron chi connectivity index (χ2n) is 3.42. The first-order valence-electron chi connectivity index (χ1n) is 5.13. The van der Waals surface area contributed by atoms with Crippen molar-refractivity contribution in [2.75, 3.05) is 5.43 Å². The second kappa shape index (κ2) is 6.40. The molecule has 0 fully saturated rings. The zero-order valence-electron chi connectivity index (χ0n) is 9.13. The molecule has 0 aromatic carbocycles. The second-order valence-corrected chi connectivity index (χ2v) is 3.86. The molecule has 1 aromatic heterocycles. The molecule has 0 aliphatic carbocycles. The van der Waals surface area contributed by atoms with Gasteiger partial charge < -0.3 is 0 Å². The maximum absolute atomic E-state index is 5.72. The Balaban J connectivity index is 2.45. The molecule has 1 N–H and O–H groups in total. The number of anilines is 1. The molecule has 0 aliphatic rings. The summed E-state index contributed by atoms with van der Waals surface area (Å²) in [6, 6.07) is 3.59. The lowest BCUT2D eigenvalue weighted by Crippen LogP contribution is -1.98. The summed E-state index contributed by atoms with van der Waals surface area (Å²) in [5.41, 5.74) is 3.99. The van der Waals surface area contributed by atoms with Gasteiger partial charge in [-0.1, -0.05) is 24.9 Å². The summed E-state index contributed by atoms with van der Waals surface area (Å²) < 4.78 is 0. The molecule has 0 spiro atoms. The largest absolute Gasteiger partial charge is 0.261 e. The van der Waals surface area contributed by atoms with Gasteiger partial charge in [0.1, 0.15) is 5.82 Å². The molecule has 0 amide bonds. The number of hydrazone groups is 1. The SMILES string of the molecule is CCCCC(C)=NNc1ccc(Cl)cn1. The van der Waals surface area contributed by atoms with Crippen LogP contribution in [0.15, 0.2) is 23.4 Å². The van der Waals surface area contributed by atoms with Crippen LogP contribution in [0, 0.1) is 0 Å². The molecule has 0 aliphatic heterocycles. The molecule has 0 unspecified atom stereocenters. The van der Waals surface area contributed by atoms with E-state index in [9.17, 15) is 0 Å². The van der Waals surface area contributed by atoms with Crippen molar-refractivity contribution in [1.29, 1.82) is 0 Å². The normalized spacial score (nSPS) is 11.5. The van der Waals surface area contributed by atoms with Gasteiger partial charge in [0.05, 0.1) is 5.02 Å². The molecule has 0 saturated carbocycles. The van der Waals surface area contributed by atoms with E-state index in [0.717, 1.165) is 18.0 Å². The molecular weight excluding hydrogens is 210 g/mol. The van der Waals surface area contributed by atoms with Gasteiger partial charge in [-0.2, -0.15) is 5.10 Å². The maximum Gasteiger partial charge on any atom is 0.146 e. The fraction of sp³-hybridized carbons (Fsp3) is 0.455. The molecule has 15 heavy (non-hydrogen) atoms. The minimum absolute atomic E-state index is 0.632. The average molecular weight is 226 g/mol. The van der Waals surface area contributed by atoms with E-state index in [2.05, 4.69) is 22.4 Å². The van der Waals surface area contributed by atoms with Crippen molar-refractivity contribution < 1.29 is 0 Å². The quantitative estimate of drug-likeness (QED) is 0.613. The standard InChI is InChI=1S/C11H16ClN3/c1-3-4-5-9(2)14-15-11-7-6-10(12)8-13-11/h6-8H,3-5H2,1-2H3,(H,13,15). The van der Waals surface area contributed by atoms with Gasteiger partial charge in [0, 0.05) is 11.9 Å². The van der Waals surface area contributed by atoms with Gasteiger partial charge in [0.15, 0.2) is 0 Å². The first kappa shape index (κ1) is 12.0. The van der Waals surface area contributed by atoms with Crippen LogP contribution in [-0.2, 0) is 0 Å². The average Bonchev–Trinajstić information content (AvgIpc) is 2.25. The number of aromatic nitrogens is 1. The molecule has 1 aromatic rings. The summed E-state index contributed by atoms with van der Waals surface area (Å²) in [5.74, 6) is 0.718. The van der Waals surface area contributed by atoms with Crippen LogP contribution in [0.4, 0.5) is 5.82 Å². The third kappa shape index (κ3) is 4.79. The maximum atomic E-state index is 5.72. The van der Waals surface area contributed by atoms with Gasteiger partial charge in [0.25, 0.3) is 0 Å². The monoisotopic (exact) mass is 225 g/mol. The molecule has 0 saturated heterocycles. The van der Waals surface area contributed by atoms with Crippen LogP contribution in [0.2, 0.25) is 5.02 Å². The van der Waals surface area contributed by atoms with Crippen LogP contribution in [0.3, 0.4) is 0 Å². The highest BCUT2D eigenvalue weighted by Crippen LogP contribution is 2.09. The highest BCUT2D eigenvalue weighted by atomic mass is 35.5. The smallest absolute Gasteiger partial charge is 0.146 e. The van der Waals surface area contributed by atoms with E-state index in [0.29, 0.717) is 5.02 Å². The third-order valence-corrected chi connectivity index (χ3v) is 2.20. The van der Waals surface area contributed by atoms with E-state index in [-0.39, 0.29) is 0 Å². The van der Waals surface area contributed by atoms with Gasteiger partial charge in [-0.05, 0) is 31.9 Å². The third-order valence-electron chi connectivity index (χ3n) is 1.98. The minimum Gasteiger partial charge on any atom is -0.261 e. The van der Waals surface area contributed by atoms with Crippen LogP contribution >= 0.6 is 11.6 Å². The van der Waals surface area contributed by atoms with Crippen molar-refractivity contribution in [3.05, 3.63) is 23.4 Å². The van der Waals surface area contributed by atoms with Crippen LogP contribution in [-0.4, -0.2) is 10.7 Å². The Morgan fingerprint density at radius 1 is 1.53 bits per heavy atom. The lowest BCUT2D eigenvalue weighted by molar-refractivity contribution is 0.831. The Hall–Kier alpha value is -1.09. The molecule has 82 valence electrons. The number of hydrogen-bond acceptors (Lipinski definition) is 3. The van der Waals surface area contributed by atoms with Crippen molar-refractivity contribution in [2.45, 2.75) is 33.1 Å². The Kier molecular flexibility index (Phi) is 5.12. The number of unbranched alkanes of at least 4 members (excludes halogenated alkanes) is 1. The topological polar surface area (TPSA) is 37.3 Å². The van der Waals surface area contributed by atoms with Gasteiger partial charge >= 0.3 is 0 Å². The van der Waals surface area contributed by atoms with E-state index in [1.54, 1.807) is 18.3 Å². The van der Waals surface area contributed by atoms with E-state index in [1.165, 1.54) is 12.8 Å². The predicted octanol–water partition coefficient (Wildman–Crippen LogP) is 3.71. The summed E-state index contributed by atoms with van der Waals surface area (Å²) >= 11 is 5.72. The van der Waals surface area contributed by atoms with Crippen LogP contribution in [0.25, 0.3) is 0 Å². The zero-order chi connectivity index (χ0) is 11.1. The van der Waals surface area contributed by atoms with Gasteiger partial charge in [0.2, 0.25) is 0 Å². The number of hydrogen-bond donors (Lipinski definition) is 1. The summed E-state index contributed by atoms with van der Waals surface area (Å²) in [7, 11) is 0. The van der Waals surface area contributed by atoms with Crippen LogP contribution < -0.4 is 5.43 Å². The number of halogens is 1. The van der Waals surface area contributed by atoms with Crippen molar-refractivity contribution in [1.82, 2.24) is 4.98 Å². The molecule has 3 nitrogen and oxygen atoms in total. The molecule has 1 heterocycles. The molecule has 4 heteroatoms.